The lowest BCUT2D eigenvalue weighted by atomic mass is 9.92. The lowest BCUT2D eigenvalue weighted by Crippen LogP contribution is -2.34. The van der Waals surface area contributed by atoms with E-state index >= 15 is 0 Å². The molecular formula is C16H18N2O3. The van der Waals surface area contributed by atoms with Crippen molar-refractivity contribution in [2.75, 3.05) is 0 Å². The van der Waals surface area contributed by atoms with Crippen molar-refractivity contribution in [3.63, 3.8) is 0 Å². The monoisotopic (exact) mass is 286 g/mol. The van der Waals surface area contributed by atoms with Crippen molar-refractivity contribution in [2.24, 2.45) is 0 Å². The van der Waals surface area contributed by atoms with Crippen LogP contribution in [0.3, 0.4) is 0 Å². The summed E-state index contributed by atoms with van der Waals surface area (Å²) >= 11 is 0. The molecule has 0 radical (unpaired) electrons. The van der Waals surface area contributed by atoms with E-state index in [1.807, 2.05) is 32.0 Å². The van der Waals surface area contributed by atoms with E-state index in [0.29, 0.717) is 30.4 Å². The molecule has 3 rings (SSSR count). The normalized spacial score (nSPS) is 19.5. The van der Waals surface area contributed by atoms with E-state index in [4.69, 9.17) is 9.47 Å². The number of nitrogens with zero attached hydrogens (tertiary/aromatic N) is 2. The average Bonchev–Trinajstić information content (AvgIpc) is 2.44. The van der Waals surface area contributed by atoms with Gasteiger partial charge in [-0.3, -0.25) is 0 Å². The Kier molecular flexibility index (Phi) is 3.51. The molecule has 5 nitrogen and oxygen atoms in total. The maximum atomic E-state index is 10.2. The number of aliphatic hydroxyl groups excluding tert-OH is 1. The summed E-state index contributed by atoms with van der Waals surface area (Å²) in [6.45, 7) is 4.22. The molecule has 21 heavy (non-hydrogen) atoms. The van der Waals surface area contributed by atoms with E-state index in [-0.39, 0.29) is 5.60 Å². The zero-order valence-corrected chi connectivity index (χ0v) is 12.1. The smallest absolute Gasteiger partial charge is 0.166 e. The second kappa shape index (κ2) is 5.33. The van der Waals surface area contributed by atoms with E-state index in [9.17, 15) is 5.11 Å². The number of rotatable bonds is 3. The molecule has 0 saturated carbocycles. The van der Waals surface area contributed by atoms with E-state index in [2.05, 4.69) is 9.97 Å². The molecule has 1 atom stereocenters. The predicted molar refractivity (Wildman–Crippen MR) is 77.1 cm³/mol. The molecule has 2 heterocycles. The van der Waals surface area contributed by atoms with Gasteiger partial charge in [-0.2, -0.15) is 0 Å². The highest BCUT2D eigenvalue weighted by Gasteiger charge is 2.32. The second-order valence-corrected chi connectivity index (χ2v) is 5.74. The minimum Gasteiger partial charge on any atom is -0.487 e. The molecule has 0 aliphatic carbocycles. The van der Waals surface area contributed by atoms with Gasteiger partial charge in [0.05, 0.1) is 6.10 Å². The van der Waals surface area contributed by atoms with Crippen LogP contribution in [0.2, 0.25) is 0 Å². The van der Waals surface area contributed by atoms with Crippen LogP contribution in [0, 0.1) is 0 Å². The number of aliphatic hydroxyl groups is 1. The summed E-state index contributed by atoms with van der Waals surface area (Å²) in [7, 11) is 0. The molecule has 0 amide bonds. The summed E-state index contributed by atoms with van der Waals surface area (Å²) in [4.78, 5) is 8.22. The van der Waals surface area contributed by atoms with Crippen LogP contribution in [0.15, 0.2) is 36.7 Å². The molecule has 1 N–H and O–H groups in total. The molecule has 0 bridgehead atoms. The Hall–Kier alpha value is -2.14. The van der Waals surface area contributed by atoms with Crippen LogP contribution >= 0.6 is 0 Å². The third kappa shape index (κ3) is 3.13. The van der Waals surface area contributed by atoms with Crippen molar-refractivity contribution in [1.82, 2.24) is 9.97 Å². The molecule has 110 valence electrons. The average molecular weight is 286 g/mol. The molecule has 0 spiro atoms. The van der Waals surface area contributed by atoms with Crippen LogP contribution < -0.4 is 9.47 Å². The minimum atomic E-state index is -0.504. The highest BCUT2D eigenvalue weighted by Crippen LogP contribution is 2.41. The second-order valence-electron chi connectivity index (χ2n) is 5.74. The zero-order valence-electron chi connectivity index (χ0n) is 12.1. The Morgan fingerprint density at radius 2 is 2.10 bits per heavy atom. The fourth-order valence-electron chi connectivity index (χ4n) is 2.44. The van der Waals surface area contributed by atoms with Crippen molar-refractivity contribution in [3.8, 4) is 11.5 Å². The van der Waals surface area contributed by atoms with Gasteiger partial charge in [-0.05, 0) is 32.0 Å². The van der Waals surface area contributed by atoms with Gasteiger partial charge in [0, 0.05) is 30.4 Å². The summed E-state index contributed by atoms with van der Waals surface area (Å²) < 4.78 is 11.6. The van der Waals surface area contributed by atoms with Crippen LogP contribution in [0.25, 0.3) is 0 Å². The summed E-state index contributed by atoms with van der Waals surface area (Å²) in [6, 6.07) is 7.24. The maximum absolute atomic E-state index is 10.2. The van der Waals surface area contributed by atoms with Gasteiger partial charge in [0.15, 0.2) is 5.82 Å². The molecule has 1 aromatic carbocycles. The molecule has 1 aliphatic heterocycles. The standard InChI is InChI=1S/C16H18N2O3/c1-16(2)9-13(19)12-5-4-11(8-14(12)21-16)20-10-15-17-6-3-7-18-15/h3-8,13,19H,9-10H2,1-2H3. The molecule has 1 aliphatic rings. The topological polar surface area (TPSA) is 64.5 Å². The van der Waals surface area contributed by atoms with Gasteiger partial charge in [0.1, 0.15) is 23.7 Å². The fourth-order valence-corrected chi connectivity index (χ4v) is 2.44. The van der Waals surface area contributed by atoms with Gasteiger partial charge in [-0.15, -0.1) is 0 Å². The quantitative estimate of drug-likeness (QED) is 0.939. The zero-order chi connectivity index (χ0) is 14.9. The Labute approximate surface area is 123 Å². The highest BCUT2D eigenvalue weighted by molar-refractivity contribution is 5.43. The number of benzene rings is 1. The van der Waals surface area contributed by atoms with Crippen LogP contribution in [0.4, 0.5) is 0 Å². The predicted octanol–water partition coefficient (Wildman–Crippen LogP) is 2.65. The third-order valence-corrected chi connectivity index (χ3v) is 3.40. The number of aromatic nitrogens is 2. The van der Waals surface area contributed by atoms with E-state index in [0.717, 1.165) is 5.56 Å². The van der Waals surface area contributed by atoms with Crippen LogP contribution in [-0.4, -0.2) is 20.7 Å². The largest absolute Gasteiger partial charge is 0.487 e. The molecule has 1 unspecified atom stereocenters. The van der Waals surface area contributed by atoms with Gasteiger partial charge < -0.3 is 14.6 Å². The van der Waals surface area contributed by atoms with Gasteiger partial charge in [0.25, 0.3) is 0 Å². The van der Waals surface area contributed by atoms with Gasteiger partial charge in [-0.25, -0.2) is 9.97 Å². The van der Waals surface area contributed by atoms with Crippen molar-refractivity contribution < 1.29 is 14.6 Å². The third-order valence-electron chi connectivity index (χ3n) is 3.40. The Morgan fingerprint density at radius 3 is 2.86 bits per heavy atom. The summed E-state index contributed by atoms with van der Waals surface area (Å²) in [5, 5.41) is 10.2. The number of fused-ring (bicyclic) bond motifs is 1. The lowest BCUT2D eigenvalue weighted by Gasteiger charge is -2.35. The Morgan fingerprint density at radius 1 is 1.33 bits per heavy atom. The number of ether oxygens (including phenoxy) is 2. The SMILES string of the molecule is CC1(C)CC(O)c2ccc(OCc3ncccn3)cc2O1. The highest BCUT2D eigenvalue weighted by atomic mass is 16.5. The molecule has 5 heteroatoms. The first-order valence-electron chi connectivity index (χ1n) is 6.93. The minimum absolute atomic E-state index is 0.297. The van der Waals surface area contributed by atoms with Crippen molar-refractivity contribution >= 4 is 0 Å². The van der Waals surface area contributed by atoms with Crippen molar-refractivity contribution in [1.29, 1.82) is 0 Å². The molecule has 1 aromatic heterocycles. The first-order chi connectivity index (χ1) is 10.0. The van der Waals surface area contributed by atoms with Crippen molar-refractivity contribution in [2.45, 2.75) is 38.6 Å². The maximum Gasteiger partial charge on any atom is 0.166 e. The molecule has 2 aromatic rings. The van der Waals surface area contributed by atoms with Gasteiger partial charge >= 0.3 is 0 Å². The van der Waals surface area contributed by atoms with Crippen LogP contribution in [-0.2, 0) is 6.61 Å². The Balaban J connectivity index is 1.77. The molecule has 0 saturated heterocycles. The van der Waals surface area contributed by atoms with Crippen molar-refractivity contribution in [3.05, 3.63) is 48.0 Å². The fraction of sp³-hybridized carbons (Fsp3) is 0.375. The van der Waals surface area contributed by atoms with Gasteiger partial charge in [0.2, 0.25) is 0 Å². The van der Waals surface area contributed by atoms with E-state index in [1.165, 1.54) is 0 Å². The van der Waals surface area contributed by atoms with E-state index in [1.54, 1.807) is 18.5 Å². The Bertz CT molecular complexity index is 629. The van der Waals surface area contributed by atoms with Crippen LogP contribution in [0.5, 0.6) is 11.5 Å². The van der Waals surface area contributed by atoms with Gasteiger partial charge in [-0.1, -0.05) is 0 Å². The first-order valence-corrected chi connectivity index (χ1v) is 6.93. The summed E-state index contributed by atoms with van der Waals surface area (Å²) in [6.07, 6.45) is 3.44. The lowest BCUT2D eigenvalue weighted by molar-refractivity contribution is 0.0113. The first kappa shape index (κ1) is 13.8. The molecular weight excluding hydrogens is 268 g/mol. The van der Waals surface area contributed by atoms with Crippen LogP contribution in [0.1, 0.15) is 37.8 Å². The van der Waals surface area contributed by atoms with E-state index < -0.39 is 6.10 Å². The summed E-state index contributed by atoms with van der Waals surface area (Å²) in [5.74, 6) is 1.97. The number of hydrogen-bond donors (Lipinski definition) is 1. The molecule has 0 fully saturated rings. The summed E-state index contributed by atoms with van der Waals surface area (Å²) in [5.41, 5.74) is 0.422. The number of hydrogen-bond acceptors (Lipinski definition) is 5.